The summed E-state index contributed by atoms with van der Waals surface area (Å²) in [7, 11) is 0. The third-order valence-electron chi connectivity index (χ3n) is 3.53. The van der Waals surface area contributed by atoms with E-state index in [4.69, 9.17) is 5.11 Å². The minimum absolute atomic E-state index is 0.239. The Bertz CT molecular complexity index is 601. The summed E-state index contributed by atoms with van der Waals surface area (Å²) in [6.07, 6.45) is 4.01. The third-order valence-corrected chi connectivity index (χ3v) is 3.53. The third kappa shape index (κ3) is 1.98. The quantitative estimate of drug-likeness (QED) is 0.898. The molecule has 0 atom stereocenters. The van der Waals surface area contributed by atoms with E-state index in [1.165, 1.54) is 23.3 Å². The van der Waals surface area contributed by atoms with E-state index < -0.39 is 5.97 Å². The summed E-state index contributed by atoms with van der Waals surface area (Å²) >= 11 is 0. The lowest BCUT2D eigenvalue weighted by Crippen LogP contribution is -1.96. The Labute approximate surface area is 105 Å². The van der Waals surface area contributed by atoms with Crippen LogP contribution in [0.25, 0.3) is 11.0 Å². The van der Waals surface area contributed by atoms with Gasteiger partial charge in [0.1, 0.15) is 5.82 Å². The van der Waals surface area contributed by atoms with Gasteiger partial charge < -0.3 is 9.67 Å². The van der Waals surface area contributed by atoms with Crippen molar-refractivity contribution in [3.05, 3.63) is 29.6 Å². The molecule has 0 fully saturated rings. The molecule has 0 saturated heterocycles. The molecule has 0 spiro atoms. The minimum Gasteiger partial charge on any atom is -0.481 e. The first kappa shape index (κ1) is 11.3. The largest absolute Gasteiger partial charge is 0.481 e. The van der Waals surface area contributed by atoms with Crippen molar-refractivity contribution in [2.24, 2.45) is 0 Å². The predicted molar refractivity (Wildman–Crippen MR) is 68.6 cm³/mol. The number of rotatable bonds is 4. The second kappa shape index (κ2) is 4.44. The van der Waals surface area contributed by atoms with E-state index in [-0.39, 0.29) is 6.42 Å². The molecular formula is C14H16N2O2. The number of carbonyl (C=O) groups is 1. The fraction of sp³-hybridized carbons (Fsp3) is 0.429. The van der Waals surface area contributed by atoms with Gasteiger partial charge in [-0.25, -0.2) is 4.98 Å². The molecule has 1 N–H and O–H groups in total. The number of imidazole rings is 1. The van der Waals surface area contributed by atoms with Gasteiger partial charge in [0, 0.05) is 19.4 Å². The molecular weight excluding hydrogens is 228 g/mol. The molecule has 1 aromatic carbocycles. The average molecular weight is 244 g/mol. The summed E-state index contributed by atoms with van der Waals surface area (Å²) in [6.45, 7) is 1.06. The lowest BCUT2D eigenvalue weighted by Gasteiger charge is -2.02. The van der Waals surface area contributed by atoms with Gasteiger partial charge in [0.25, 0.3) is 0 Å². The highest BCUT2D eigenvalue weighted by Gasteiger charge is 2.15. The maximum absolute atomic E-state index is 10.5. The zero-order chi connectivity index (χ0) is 12.5. The second-order valence-corrected chi connectivity index (χ2v) is 4.85. The van der Waals surface area contributed by atoms with Crippen molar-refractivity contribution in [1.82, 2.24) is 9.55 Å². The molecule has 2 aromatic rings. The van der Waals surface area contributed by atoms with E-state index in [2.05, 4.69) is 27.8 Å². The average Bonchev–Trinajstić information content (AvgIpc) is 2.89. The molecule has 3 rings (SSSR count). The topological polar surface area (TPSA) is 55.1 Å². The van der Waals surface area contributed by atoms with Gasteiger partial charge in [-0.05, 0) is 37.0 Å². The fourth-order valence-corrected chi connectivity index (χ4v) is 2.65. The Hall–Kier alpha value is -1.84. The van der Waals surface area contributed by atoms with Crippen LogP contribution in [0.15, 0.2) is 18.2 Å². The molecule has 0 radical (unpaired) electrons. The van der Waals surface area contributed by atoms with E-state index in [0.717, 1.165) is 24.9 Å². The summed E-state index contributed by atoms with van der Waals surface area (Å²) in [6, 6.07) is 6.28. The van der Waals surface area contributed by atoms with Crippen LogP contribution in [-0.4, -0.2) is 20.6 Å². The lowest BCUT2D eigenvalue weighted by molar-refractivity contribution is -0.137. The molecule has 1 aliphatic rings. The van der Waals surface area contributed by atoms with Crippen molar-refractivity contribution in [2.75, 3.05) is 0 Å². The molecule has 94 valence electrons. The number of carboxylic acid groups (broad SMARTS) is 1. The number of hydrogen-bond donors (Lipinski definition) is 1. The molecule has 4 nitrogen and oxygen atoms in total. The molecule has 1 aliphatic heterocycles. The van der Waals surface area contributed by atoms with E-state index in [0.29, 0.717) is 6.42 Å². The zero-order valence-corrected chi connectivity index (χ0v) is 10.2. The van der Waals surface area contributed by atoms with Crippen molar-refractivity contribution in [2.45, 2.75) is 38.6 Å². The summed E-state index contributed by atoms with van der Waals surface area (Å²) in [5.41, 5.74) is 3.47. The van der Waals surface area contributed by atoms with E-state index in [9.17, 15) is 4.79 Å². The van der Waals surface area contributed by atoms with Crippen LogP contribution in [-0.2, 0) is 24.2 Å². The number of aromatic nitrogens is 2. The van der Waals surface area contributed by atoms with Crippen molar-refractivity contribution >= 4 is 17.0 Å². The number of fused-ring (bicyclic) bond motifs is 3. The van der Waals surface area contributed by atoms with Crippen molar-refractivity contribution in [3.63, 3.8) is 0 Å². The first-order chi connectivity index (χ1) is 8.74. The van der Waals surface area contributed by atoms with E-state index in [1.807, 2.05) is 0 Å². The van der Waals surface area contributed by atoms with E-state index >= 15 is 0 Å². The molecule has 18 heavy (non-hydrogen) atoms. The van der Waals surface area contributed by atoms with Gasteiger partial charge in [0.2, 0.25) is 0 Å². The first-order valence-corrected chi connectivity index (χ1v) is 6.44. The van der Waals surface area contributed by atoms with Gasteiger partial charge >= 0.3 is 5.97 Å². The van der Waals surface area contributed by atoms with Gasteiger partial charge in [-0.15, -0.1) is 0 Å². The second-order valence-electron chi connectivity index (χ2n) is 4.85. The molecule has 4 heteroatoms. The Morgan fingerprint density at radius 2 is 2.33 bits per heavy atom. The van der Waals surface area contributed by atoms with Crippen LogP contribution in [0.3, 0.4) is 0 Å². The standard InChI is InChI=1S/C14H16N2O2/c17-14(18)5-1-3-10-6-7-11-12(9-10)16-8-2-4-13(16)15-11/h6-7,9H,1-5,8H2,(H,17,18). The van der Waals surface area contributed by atoms with Crippen molar-refractivity contribution in [3.8, 4) is 0 Å². The van der Waals surface area contributed by atoms with E-state index in [1.54, 1.807) is 0 Å². The SMILES string of the molecule is O=C(O)CCCc1ccc2nc3n(c2c1)CCC3. The van der Waals surface area contributed by atoms with Crippen LogP contribution < -0.4 is 0 Å². The monoisotopic (exact) mass is 244 g/mol. The number of benzene rings is 1. The number of carboxylic acids is 1. The molecule has 0 saturated carbocycles. The molecule has 0 aliphatic carbocycles. The molecule has 2 heterocycles. The van der Waals surface area contributed by atoms with Crippen LogP contribution in [0.1, 0.15) is 30.7 Å². The summed E-state index contributed by atoms with van der Waals surface area (Å²) in [5, 5.41) is 8.64. The maximum Gasteiger partial charge on any atom is 0.303 e. The van der Waals surface area contributed by atoms with Gasteiger partial charge in [-0.2, -0.15) is 0 Å². The molecule has 1 aromatic heterocycles. The highest BCUT2D eigenvalue weighted by Crippen LogP contribution is 2.24. The number of nitrogens with zero attached hydrogens (tertiary/aromatic N) is 2. The molecule has 0 amide bonds. The normalized spacial score (nSPS) is 14.0. The zero-order valence-electron chi connectivity index (χ0n) is 10.2. The van der Waals surface area contributed by atoms with Crippen LogP contribution in [0.5, 0.6) is 0 Å². The summed E-state index contributed by atoms with van der Waals surface area (Å²) in [5.74, 6) is 0.467. The summed E-state index contributed by atoms with van der Waals surface area (Å²) in [4.78, 5) is 15.1. The predicted octanol–water partition coefficient (Wildman–Crippen LogP) is 2.39. The Balaban J connectivity index is 1.84. The molecule has 0 unspecified atom stereocenters. The van der Waals surface area contributed by atoms with Crippen LogP contribution in [0.2, 0.25) is 0 Å². The van der Waals surface area contributed by atoms with Gasteiger partial charge in [-0.3, -0.25) is 4.79 Å². The Morgan fingerprint density at radius 3 is 3.17 bits per heavy atom. The minimum atomic E-state index is -0.721. The number of hydrogen-bond acceptors (Lipinski definition) is 2. The summed E-state index contributed by atoms with van der Waals surface area (Å²) < 4.78 is 2.29. The lowest BCUT2D eigenvalue weighted by atomic mass is 10.1. The highest BCUT2D eigenvalue weighted by molar-refractivity contribution is 5.77. The Kier molecular flexibility index (Phi) is 2.78. The van der Waals surface area contributed by atoms with Gasteiger partial charge in [-0.1, -0.05) is 6.07 Å². The van der Waals surface area contributed by atoms with Crippen molar-refractivity contribution in [1.29, 1.82) is 0 Å². The molecule has 0 bridgehead atoms. The first-order valence-electron chi connectivity index (χ1n) is 6.44. The van der Waals surface area contributed by atoms with Crippen LogP contribution in [0.4, 0.5) is 0 Å². The van der Waals surface area contributed by atoms with Crippen LogP contribution in [0, 0.1) is 0 Å². The Morgan fingerprint density at radius 1 is 1.44 bits per heavy atom. The highest BCUT2D eigenvalue weighted by atomic mass is 16.4. The van der Waals surface area contributed by atoms with Gasteiger partial charge in [0.15, 0.2) is 0 Å². The van der Waals surface area contributed by atoms with Crippen molar-refractivity contribution < 1.29 is 9.90 Å². The maximum atomic E-state index is 10.5. The van der Waals surface area contributed by atoms with Gasteiger partial charge in [0.05, 0.1) is 11.0 Å². The number of aliphatic carboxylic acids is 1. The smallest absolute Gasteiger partial charge is 0.303 e. The number of aryl methyl sites for hydroxylation is 3. The van der Waals surface area contributed by atoms with Crippen LogP contribution >= 0.6 is 0 Å². The fourth-order valence-electron chi connectivity index (χ4n) is 2.65.